The number of hydrogen-bond donors (Lipinski definition) is 1. The number of aromatic nitrogens is 2. The van der Waals surface area contributed by atoms with Crippen molar-refractivity contribution in [1.82, 2.24) is 9.38 Å². The minimum absolute atomic E-state index is 0.201. The summed E-state index contributed by atoms with van der Waals surface area (Å²) in [5.74, 6) is 0.820. The second-order valence-corrected chi connectivity index (χ2v) is 6.51. The molecule has 0 aliphatic heterocycles. The molecule has 0 fully saturated rings. The maximum Gasteiger partial charge on any atom is 0.433 e. The summed E-state index contributed by atoms with van der Waals surface area (Å²) >= 11 is 0. The molecule has 0 unspecified atom stereocenters. The van der Waals surface area contributed by atoms with E-state index in [0.717, 1.165) is 17.0 Å². The van der Waals surface area contributed by atoms with Crippen LogP contribution >= 0.6 is 0 Å². The highest BCUT2D eigenvalue weighted by Gasteiger charge is 2.23. The van der Waals surface area contributed by atoms with Gasteiger partial charge in [-0.05, 0) is 45.4 Å². The quantitative estimate of drug-likeness (QED) is 0.583. The number of rotatable bonds is 3. The first kappa shape index (κ1) is 15.1. The van der Waals surface area contributed by atoms with Crippen LogP contribution in [0.2, 0.25) is 0 Å². The molecule has 0 spiro atoms. The number of hydrogen-bond acceptors (Lipinski definition) is 5. The van der Waals surface area contributed by atoms with Crippen LogP contribution in [0.3, 0.4) is 0 Å². The van der Waals surface area contributed by atoms with Gasteiger partial charge in [-0.3, -0.25) is 14.5 Å². The lowest BCUT2D eigenvalue weighted by Crippen LogP contribution is -2.27. The fourth-order valence-electron chi connectivity index (χ4n) is 2.35. The third-order valence-corrected chi connectivity index (χ3v) is 3.26. The van der Waals surface area contributed by atoms with E-state index in [9.17, 15) is 10.1 Å². The van der Waals surface area contributed by atoms with Crippen LogP contribution in [0.1, 0.15) is 26.3 Å². The minimum atomic E-state index is -0.555. The second kappa shape index (κ2) is 5.12. The van der Waals surface area contributed by atoms with Crippen LogP contribution in [0.4, 0.5) is 11.7 Å². The van der Waals surface area contributed by atoms with E-state index < -0.39 is 4.92 Å². The molecule has 3 heterocycles. The highest BCUT2D eigenvalue weighted by Crippen LogP contribution is 2.33. The lowest BCUT2D eigenvalue weighted by molar-refractivity contribution is -0.401. The summed E-state index contributed by atoms with van der Waals surface area (Å²) in [4.78, 5) is 14.9. The summed E-state index contributed by atoms with van der Waals surface area (Å²) in [6.45, 7) is 8.11. The van der Waals surface area contributed by atoms with Crippen molar-refractivity contribution in [3.63, 3.8) is 0 Å². The Hall–Kier alpha value is -2.83. The summed E-state index contributed by atoms with van der Waals surface area (Å²) in [6, 6.07) is 6.79. The van der Waals surface area contributed by atoms with Gasteiger partial charge in [-0.15, -0.1) is 0 Å². The second-order valence-electron chi connectivity index (χ2n) is 6.51. The molecular formula is C16H18N4O3. The highest BCUT2D eigenvalue weighted by atomic mass is 16.6. The van der Waals surface area contributed by atoms with Gasteiger partial charge in [-0.1, -0.05) is 6.07 Å². The van der Waals surface area contributed by atoms with Crippen molar-refractivity contribution >= 4 is 17.3 Å². The molecule has 7 nitrogen and oxygen atoms in total. The van der Waals surface area contributed by atoms with Crippen LogP contribution in [-0.2, 0) is 0 Å². The van der Waals surface area contributed by atoms with Crippen molar-refractivity contribution in [3.05, 3.63) is 46.1 Å². The lowest BCUT2D eigenvalue weighted by Gasteiger charge is -2.22. The third-order valence-electron chi connectivity index (χ3n) is 3.26. The lowest BCUT2D eigenvalue weighted by atomic mass is 10.1. The molecule has 1 N–H and O–H groups in total. The smallest absolute Gasteiger partial charge is 0.399 e. The number of fused-ring (bicyclic) bond motifs is 1. The number of aryl methyl sites for hydroxylation is 1. The van der Waals surface area contributed by atoms with Crippen molar-refractivity contribution in [2.75, 3.05) is 5.32 Å². The van der Waals surface area contributed by atoms with Gasteiger partial charge in [0.1, 0.15) is 22.1 Å². The fourth-order valence-corrected chi connectivity index (χ4v) is 2.35. The van der Waals surface area contributed by atoms with Gasteiger partial charge < -0.3 is 9.73 Å². The molecule has 0 aromatic carbocycles. The zero-order valence-corrected chi connectivity index (χ0v) is 13.5. The predicted molar refractivity (Wildman–Crippen MR) is 87.7 cm³/mol. The summed E-state index contributed by atoms with van der Waals surface area (Å²) in [5, 5.41) is 14.3. The SMILES string of the molecule is Cc1ccc2nc(-c3ccc([N+](=O)[O-])o3)c(NC(C)(C)C)n2c1. The Balaban J connectivity index is 2.21. The fraction of sp³-hybridized carbons (Fsp3) is 0.312. The van der Waals surface area contributed by atoms with Crippen molar-refractivity contribution in [3.8, 4) is 11.5 Å². The molecule has 3 rings (SSSR count). The first-order valence-corrected chi connectivity index (χ1v) is 7.26. The average Bonchev–Trinajstić information content (AvgIpc) is 3.03. The van der Waals surface area contributed by atoms with Crippen LogP contribution in [-0.4, -0.2) is 19.8 Å². The zero-order chi connectivity index (χ0) is 16.8. The van der Waals surface area contributed by atoms with Gasteiger partial charge in [0.25, 0.3) is 0 Å². The van der Waals surface area contributed by atoms with Crippen LogP contribution in [0.15, 0.2) is 34.9 Å². The number of anilines is 1. The standard InChI is InChI=1S/C16H18N4O3/c1-10-5-7-12-17-14(11-6-8-13(23-11)20(21)22)15(19(12)9-10)18-16(2,3)4/h5-9,18H,1-4H3. The molecule has 0 saturated carbocycles. The van der Waals surface area contributed by atoms with Gasteiger partial charge in [0.2, 0.25) is 0 Å². The molecule has 23 heavy (non-hydrogen) atoms. The number of pyridine rings is 1. The average molecular weight is 314 g/mol. The predicted octanol–water partition coefficient (Wildman–Crippen LogP) is 4.02. The number of nitrogens with one attached hydrogen (secondary N) is 1. The Morgan fingerprint density at radius 3 is 2.61 bits per heavy atom. The largest absolute Gasteiger partial charge is 0.433 e. The molecule has 0 aliphatic rings. The minimum Gasteiger partial charge on any atom is -0.399 e. The number of imidazole rings is 1. The molecule has 3 aromatic heterocycles. The van der Waals surface area contributed by atoms with E-state index in [2.05, 4.69) is 10.3 Å². The molecule has 120 valence electrons. The first-order chi connectivity index (χ1) is 10.7. The van der Waals surface area contributed by atoms with E-state index in [-0.39, 0.29) is 11.4 Å². The van der Waals surface area contributed by atoms with Crippen LogP contribution in [0, 0.1) is 17.0 Å². The topological polar surface area (TPSA) is 85.6 Å². The van der Waals surface area contributed by atoms with Gasteiger partial charge in [0, 0.05) is 11.7 Å². The summed E-state index contributed by atoms with van der Waals surface area (Å²) in [7, 11) is 0. The summed E-state index contributed by atoms with van der Waals surface area (Å²) in [6.07, 6.45) is 1.97. The summed E-state index contributed by atoms with van der Waals surface area (Å²) < 4.78 is 7.27. The Morgan fingerprint density at radius 1 is 1.26 bits per heavy atom. The van der Waals surface area contributed by atoms with Crippen LogP contribution in [0.5, 0.6) is 0 Å². The van der Waals surface area contributed by atoms with E-state index in [4.69, 9.17) is 4.42 Å². The number of furan rings is 1. The molecule has 0 bridgehead atoms. The molecular weight excluding hydrogens is 296 g/mol. The van der Waals surface area contributed by atoms with Crippen LogP contribution < -0.4 is 5.32 Å². The normalized spacial score (nSPS) is 11.8. The Labute approximate surface area is 133 Å². The van der Waals surface area contributed by atoms with Crippen molar-refractivity contribution in [2.24, 2.45) is 0 Å². The van der Waals surface area contributed by atoms with Gasteiger partial charge >= 0.3 is 5.88 Å². The van der Waals surface area contributed by atoms with Crippen molar-refractivity contribution in [2.45, 2.75) is 33.2 Å². The molecule has 0 aliphatic carbocycles. The molecule has 0 radical (unpaired) electrons. The van der Waals surface area contributed by atoms with E-state index >= 15 is 0 Å². The van der Waals surface area contributed by atoms with Gasteiger partial charge in [0.15, 0.2) is 5.76 Å². The molecule has 3 aromatic rings. The molecule has 0 saturated heterocycles. The van der Waals surface area contributed by atoms with Gasteiger partial charge in [-0.25, -0.2) is 4.98 Å². The van der Waals surface area contributed by atoms with E-state index in [1.54, 1.807) is 6.07 Å². The monoisotopic (exact) mass is 314 g/mol. The number of nitro groups is 1. The summed E-state index contributed by atoms with van der Waals surface area (Å²) in [5.41, 5.74) is 2.19. The maximum atomic E-state index is 10.8. The number of nitrogens with zero attached hydrogens (tertiary/aromatic N) is 3. The molecule has 0 atom stereocenters. The molecule has 7 heteroatoms. The zero-order valence-electron chi connectivity index (χ0n) is 13.5. The van der Waals surface area contributed by atoms with Crippen LogP contribution in [0.25, 0.3) is 17.1 Å². The van der Waals surface area contributed by atoms with Crippen molar-refractivity contribution in [1.29, 1.82) is 0 Å². The van der Waals surface area contributed by atoms with E-state index in [1.165, 1.54) is 6.07 Å². The highest BCUT2D eigenvalue weighted by molar-refractivity contribution is 5.74. The molecule has 0 amide bonds. The third kappa shape index (κ3) is 2.90. The Morgan fingerprint density at radius 2 is 2.00 bits per heavy atom. The maximum absolute atomic E-state index is 10.8. The van der Waals surface area contributed by atoms with E-state index in [1.807, 2.05) is 50.4 Å². The Kier molecular flexibility index (Phi) is 3.35. The Bertz CT molecular complexity index is 886. The van der Waals surface area contributed by atoms with Gasteiger partial charge in [0.05, 0.1) is 6.07 Å². The van der Waals surface area contributed by atoms with Gasteiger partial charge in [-0.2, -0.15) is 0 Å². The first-order valence-electron chi connectivity index (χ1n) is 7.26. The van der Waals surface area contributed by atoms with E-state index in [0.29, 0.717) is 11.5 Å². The van der Waals surface area contributed by atoms with Crippen molar-refractivity contribution < 1.29 is 9.34 Å².